The number of halogens is 7. The van der Waals surface area contributed by atoms with E-state index >= 15 is 0 Å². The molecule has 0 saturated heterocycles. The van der Waals surface area contributed by atoms with Crippen LogP contribution in [0.1, 0.15) is 43.9 Å². The summed E-state index contributed by atoms with van der Waals surface area (Å²) in [5, 5.41) is 2.69. The van der Waals surface area contributed by atoms with Gasteiger partial charge in [-0.15, -0.1) is 0 Å². The van der Waals surface area contributed by atoms with Crippen LogP contribution in [0.4, 0.5) is 30.7 Å². The number of alkyl halides is 6. The highest BCUT2D eigenvalue weighted by Crippen LogP contribution is 2.38. The molecule has 0 aliphatic heterocycles. The predicted molar refractivity (Wildman–Crippen MR) is 130 cm³/mol. The maximum atomic E-state index is 13.9. The van der Waals surface area contributed by atoms with Gasteiger partial charge in [0.05, 0.1) is 16.8 Å². The molecule has 4 rings (SSSR count). The zero-order chi connectivity index (χ0) is 28.4. The van der Waals surface area contributed by atoms with Crippen LogP contribution >= 0.6 is 0 Å². The van der Waals surface area contributed by atoms with Crippen LogP contribution in [0.15, 0.2) is 91.1 Å². The fourth-order valence-electron chi connectivity index (χ4n) is 4.44. The Balaban J connectivity index is 1.96. The third-order valence-corrected chi connectivity index (χ3v) is 6.27. The Morgan fingerprint density at radius 2 is 1.49 bits per heavy atom. The molecule has 0 fully saturated rings. The fourth-order valence-corrected chi connectivity index (χ4v) is 4.44. The normalized spacial score (nSPS) is 13.5. The van der Waals surface area contributed by atoms with Crippen molar-refractivity contribution in [1.82, 2.24) is 10.3 Å². The summed E-state index contributed by atoms with van der Waals surface area (Å²) in [5.41, 5.74) is -3.58. The summed E-state index contributed by atoms with van der Waals surface area (Å²) in [7, 11) is 0. The Hall–Kier alpha value is -4.21. The molecular formula is C29H21F7N2O. The van der Waals surface area contributed by atoms with Crippen molar-refractivity contribution >= 4 is 5.91 Å². The number of carbonyl (C=O) groups is 1. The molecule has 3 aromatic carbocycles. The van der Waals surface area contributed by atoms with Gasteiger partial charge in [0.2, 0.25) is 0 Å². The van der Waals surface area contributed by atoms with Crippen LogP contribution in [-0.4, -0.2) is 10.9 Å². The van der Waals surface area contributed by atoms with Crippen LogP contribution in [0.2, 0.25) is 0 Å². The van der Waals surface area contributed by atoms with Crippen LogP contribution in [0.3, 0.4) is 0 Å². The van der Waals surface area contributed by atoms with E-state index in [-0.39, 0.29) is 17.7 Å². The summed E-state index contributed by atoms with van der Waals surface area (Å²) in [6, 6.07) is 17.9. The number of hydrogen-bond acceptors (Lipinski definition) is 2. The van der Waals surface area contributed by atoms with Gasteiger partial charge >= 0.3 is 12.4 Å². The first-order chi connectivity index (χ1) is 18.3. The number of pyridine rings is 1. The molecule has 1 aromatic heterocycles. The SMILES string of the molecule is Cc1cccnc1C(Cc1ccccc1)(NC(=O)c1ccc(F)c(C(F)(F)F)c1)c1cccc(C(F)(F)F)c1. The average molecular weight is 546 g/mol. The minimum atomic E-state index is -5.07. The van der Waals surface area contributed by atoms with E-state index in [1.807, 2.05) is 0 Å². The average Bonchev–Trinajstić information content (AvgIpc) is 2.88. The second-order valence-corrected chi connectivity index (χ2v) is 8.96. The van der Waals surface area contributed by atoms with E-state index in [1.54, 1.807) is 49.4 Å². The van der Waals surface area contributed by atoms with E-state index in [0.717, 1.165) is 18.2 Å². The first kappa shape index (κ1) is 27.8. The molecule has 1 N–H and O–H groups in total. The maximum absolute atomic E-state index is 13.9. The Bertz CT molecular complexity index is 1480. The molecule has 0 aliphatic carbocycles. The second-order valence-electron chi connectivity index (χ2n) is 8.96. The van der Waals surface area contributed by atoms with Crippen molar-refractivity contribution in [3.63, 3.8) is 0 Å². The largest absolute Gasteiger partial charge is 0.419 e. The summed E-state index contributed by atoms with van der Waals surface area (Å²) >= 11 is 0. The number of carbonyl (C=O) groups excluding carboxylic acids is 1. The van der Waals surface area contributed by atoms with Crippen molar-refractivity contribution in [3.8, 4) is 0 Å². The molecule has 1 unspecified atom stereocenters. The molecule has 0 bridgehead atoms. The molecule has 0 radical (unpaired) electrons. The Morgan fingerprint density at radius 1 is 0.795 bits per heavy atom. The molecule has 4 aromatic rings. The van der Waals surface area contributed by atoms with Gasteiger partial charge in [0.25, 0.3) is 5.91 Å². The van der Waals surface area contributed by atoms with Crippen LogP contribution in [-0.2, 0) is 24.3 Å². The van der Waals surface area contributed by atoms with Gasteiger partial charge < -0.3 is 5.32 Å². The molecule has 202 valence electrons. The van der Waals surface area contributed by atoms with Gasteiger partial charge in [-0.3, -0.25) is 9.78 Å². The summed E-state index contributed by atoms with van der Waals surface area (Å²) in [4.78, 5) is 17.9. The Kier molecular flexibility index (Phi) is 7.50. The molecule has 39 heavy (non-hydrogen) atoms. The van der Waals surface area contributed by atoms with E-state index in [9.17, 15) is 35.5 Å². The van der Waals surface area contributed by atoms with Crippen molar-refractivity contribution in [1.29, 1.82) is 0 Å². The number of hydrogen-bond donors (Lipinski definition) is 1. The summed E-state index contributed by atoms with van der Waals surface area (Å²) in [5.74, 6) is -2.62. The third kappa shape index (κ3) is 5.94. The lowest BCUT2D eigenvalue weighted by molar-refractivity contribution is -0.140. The summed E-state index contributed by atoms with van der Waals surface area (Å²) < 4.78 is 95.3. The van der Waals surface area contributed by atoms with Gasteiger partial charge in [0.15, 0.2) is 0 Å². The number of aromatic nitrogens is 1. The summed E-state index contributed by atoms with van der Waals surface area (Å²) in [6.07, 6.45) is -8.47. The van der Waals surface area contributed by atoms with E-state index in [2.05, 4.69) is 10.3 Å². The highest BCUT2D eigenvalue weighted by Gasteiger charge is 2.42. The smallest absolute Gasteiger partial charge is 0.337 e. The molecule has 1 heterocycles. The number of amides is 1. The van der Waals surface area contributed by atoms with Crippen molar-refractivity contribution < 1.29 is 35.5 Å². The maximum Gasteiger partial charge on any atom is 0.419 e. The predicted octanol–water partition coefficient (Wildman–Crippen LogP) is 7.48. The molecule has 0 saturated carbocycles. The van der Waals surface area contributed by atoms with Crippen LogP contribution in [0, 0.1) is 12.7 Å². The summed E-state index contributed by atoms with van der Waals surface area (Å²) in [6.45, 7) is 1.65. The quantitative estimate of drug-likeness (QED) is 0.255. The number of nitrogens with zero attached hydrogens (tertiary/aromatic N) is 1. The van der Waals surface area contributed by atoms with Crippen molar-refractivity contribution in [2.24, 2.45) is 0 Å². The van der Waals surface area contributed by atoms with Gasteiger partial charge in [0.1, 0.15) is 11.4 Å². The first-order valence-electron chi connectivity index (χ1n) is 11.6. The van der Waals surface area contributed by atoms with Crippen LogP contribution < -0.4 is 5.32 Å². The molecule has 1 amide bonds. The number of rotatable bonds is 6. The number of nitrogens with one attached hydrogen (secondary N) is 1. The zero-order valence-electron chi connectivity index (χ0n) is 20.4. The van der Waals surface area contributed by atoms with Crippen molar-refractivity contribution in [2.75, 3.05) is 0 Å². The molecule has 0 aliphatic rings. The first-order valence-corrected chi connectivity index (χ1v) is 11.6. The van der Waals surface area contributed by atoms with E-state index in [4.69, 9.17) is 0 Å². The van der Waals surface area contributed by atoms with Gasteiger partial charge in [0, 0.05) is 18.2 Å². The van der Waals surface area contributed by atoms with E-state index in [0.29, 0.717) is 23.3 Å². The van der Waals surface area contributed by atoms with Gasteiger partial charge in [-0.25, -0.2) is 4.39 Å². The van der Waals surface area contributed by atoms with Gasteiger partial charge in [-0.2, -0.15) is 26.3 Å². The lowest BCUT2D eigenvalue weighted by Crippen LogP contribution is -2.49. The van der Waals surface area contributed by atoms with Gasteiger partial charge in [-0.1, -0.05) is 48.5 Å². The second kappa shape index (κ2) is 10.5. The molecule has 10 heteroatoms. The van der Waals surface area contributed by atoms with Crippen molar-refractivity contribution in [3.05, 3.63) is 136 Å². The number of benzene rings is 3. The molecule has 0 spiro atoms. The van der Waals surface area contributed by atoms with E-state index in [1.165, 1.54) is 18.3 Å². The highest BCUT2D eigenvalue weighted by molar-refractivity contribution is 5.95. The van der Waals surface area contributed by atoms with Crippen molar-refractivity contribution in [2.45, 2.75) is 31.2 Å². The van der Waals surface area contributed by atoms with Crippen LogP contribution in [0.5, 0.6) is 0 Å². The van der Waals surface area contributed by atoms with E-state index < -0.39 is 46.3 Å². The standard InChI is InChI=1S/C29H21F7N2O/c1-18-7-6-14-37-25(18)27(17-19-8-3-2-4-9-19,21-10-5-11-22(16-21)28(31,32)33)38-26(39)20-12-13-24(30)23(15-20)29(34,35)36/h2-16H,17H2,1H3,(H,38,39). The minimum Gasteiger partial charge on any atom is -0.337 e. The molecule has 3 nitrogen and oxygen atoms in total. The highest BCUT2D eigenvalue weighted by atomic mass is 19.4. The molecule has 1 atom stereocenters. The topological polar surface area (TPSA) is 42.0 Å². The third-order valence-electron chi connectivity index (χ3n) is 6.27. The van der Waals surface area contributed by atoms with Gasteiger partial charge in [-0.05, 0) is 60.0 Å². The Morgan fingerprint density at radius 3 is 2.13 bits per heavy atom. The Labute approximate surface area is 219 Å². The fraction of sp³-hybridized carbons (Fsp3) is 0.172. The monoisotopic (exact) mass is 546 g/mol. The zero-order valence-corrected chi connectivity index (χ0v) is 20.4. The lowest BCUT2D eigenvalue weighted by atomic mass is 9.78. The van der Waals surface area contributed by atoms with Crippen LogP contribution in [0.25, 0.3) is 0 Å². The lowest BCUT2D eigenvalue weighted by Gasteiger charge is -2.37. The molecular weight excluding hydrogens is 525 g/mol. The minimum absolute atomic E-state index is 0.00878. The number of aryl methyl sites for hydroxylation is 1.